The first-order chi connectivity index (χ1) is 5.22. The second-order valence-corrected chi connectivity index (χ2v) is 2.50. The van der Waals surface area contributed by atoms with Gasteiger partial charge in [0.05, 0.1) is 6.61 Å². The second-order valence-electron chi connectivity index (χ2n) is 1.71. The summed E-state index contributed by atoms with van der Waals surface area (Å²) in [4.78, 5) is 0. The van der Waals surface area contributed by atoms with Crippen molar-refractivity contribution >= 4 is 15.9 Å². The Labute approximate surface area is 74.4 Å². The Morgan fingerprint density at radius 2 is 2.27 bits per heavy atom. The minimum Gasteiger partial charge on any atom is -0.490 e. The molecule has 0 aromatic rings. The van der Waals surface area contributed by atoms with Crippen molar-refractivity contribution in [2.24, 2.45) is 0 Å². The highest BCUT2D eigenvalue weighted by Crippen LogP contribution is 2.10. The fraction of sp³-hybridized carbons (Fsp3) is 0.250. The van der Waals surface area contributed by atoms with Crippen molar-refractivity contribution in [2.75, 3.05) is 11.9 Å². The molecule has 0 spiro atoms. The van der Waals surface area contributed by atoms with Gasteiger partial charge in [0.15, 0.2) is 11.6 Å². The fourth-order valence-corrected chi connectivity index (χ4v) is 0.634. The van der Waals surface area contributed by atoms with Gasteiger partial charge in [0.25, 0.3) is 0 Å². The Hall–Kier alpha value is -0.570. The summed E-state index contributed by atoms with van der Waals surface area (Å²) in [6.07, 6.45) is 2.89. The van der Waals surface area contributed by atoms with Crippen molar-refractivity contribution in [3.8, 4) is 0 Å². The van der Waals surface area contributed by atoms with Crippen LogP contribution in [0.1, 0.15) is 0 Å². The lowest BCUT2D eigenvalue weighted by Gasteiger charge is -2.04. The van der Waals surface area contributed by atoms with Gasteiger partial charge in [0.1, 0.15) is 0 Å². The molecule has 0 amide bonds. The van der Waals surface area contributed by atoms with Gasteiger partial charge in [-0.15, -0.1) is 0 Å². The maximum absolute atomic E-state index is 12.4. The van der Waals surface area contributed by atoms with Gasteiger partial charge < -0.3 is 4.74 Å². The smallest absolute Gasteiger partial charge is 0.157 e. The number of halogens is 2. The van der Waals surface area contributed by atoms with Crippen LogP contribution < -0.4 is 0 Å². The first-order valence-corrected chi connectivity index (χ1v) is 4.20. The maximum Gasteiger partial charge on any atom is 0.157 e. The number of rotatable bonds is 5. The predicted molar refractivity (Wildman–Crippen MR) is 48.3 cm³/mol. The molecule has 0 heterocycles. The molecule has 0 atom stereocenters. The third-order valence-electron chi connectivity index (χ3n) is 0.871. The van der Waals surface area contributed by atoms with Crippen LogP contribution in [0.4, 0.5) is 4.39 Å². The monoisotopic (exact) mass is 220 g/mol. The van der Waals surface area contributed by atoms with Crippen molar-refractivity contribution < 1.29 is 9.13 Å². The minimum atomic E-state index is -0.578. The molecule has 11 heavy (non-hydrogen) atoms. The molecule has 0 fully saturated rings. The van der Waals surface area contributed by atoms with Crippen LogP contribution >= 0.6 is 15.9 Å². The van der Waals surface area contributed by atoms with Gasteiger partial charge in [-0.3, -0.25) is 0 Å². The summed E-state index contributed by atoms with van der Waals surface area (Å²) >= 11 is 3.15. The van der Waals surface area contributed by atoms with E-state index in [0.29, 0.717) is 11.9 Å². The summed E-state index contributed by atoms with van der Waals surface area (Å²) in [5.74, 6) is -0.440. The van der Waals surface area contributed by atoms with Gasteiger partial charge >= 0.3 is 0 Å². The Morgan fingerprint density at radius 1 is 1.64 bits per heavy atom. The lowest BCUT2D eigenvalue weighted by Crippen LogP contribution is -1.95. The quantitative estimate of drug-likeness (QED) is 0.394. The topological polar surface area (TPSA) is 9.23 Å². The van der Waals surface area contributed by atoms with E-state index in [0.717, 1.165) is 0 Å². The molecule has 0 aromatic carbocycles. The van der Waals surface area contributed by atoms with E-state index in [1.165, 1.54) is 12.2 Å². The normalized spacial score (nSPS) is 10.9. The Balaban J connectivity index is 4.00. The van der Waals surface area contributed by atoms with Crippen molar-refractivity contribution in [1.29, 1.82) is 0 Å². The van der Waals surface area contributed by atoms with Gasteiger partial charge in [-0.2, -0.15) is 0 Å². The highest BCUT2D eigenvalue weighted by Gasteiger charge is 1.99. The Morgan fingerprint density at radius 3 is 2.64 bits per heavy atom. The lowest BCUT2D eigenvalue weighted by molar-refractivity contribution is 0.229. The molecular formula is C8H10BrFO. The molecule has 0 aromatic heterocycles. The summed E-state index contributed by atoms with van der Waals surface area (Å²) in [6.45, 7) is 6.94. The molecule has 0 aliphatic heterocycles. The van der Waals surface area contributed by atoms with Crippen LogP contribution in [0.5, 0.6) is 0 Å². The SMILES string of the molecule is C=C/C=C(/OCCBr)C(=C)F. The van der Waals surface area contributed by atoms with Crippen molar-refractivity contribution in [3.63, 3.8) is 0 Å². The first-order valence-electron chi connectivity index (χ1n) is 3.08. The molecule has 62 valence electrons. The van der Waals surface area contributed by atoms with E-state index in [2.05, 4.69) is 29.1 Å². The zero-order chi connectivity index (χ0) is 8.69. The van der Waals surface area contributed by atoms with Crippen LogP contribution in [0.15, 0.2) is 36.9 Å². The average Bonchev–Trinajstić information content (AvgIpc) is 1.97. The Kier molecular flexibility index (Phi) is 5.84. The number of hydrogen-bond donors (Lipinski definition) is 0. The van der Waals surface area contributed by atoms with Crippen LogP contribution in [-0.2, 0) is 4.74 Å². The third-order valence-corrected chi connectivity index (χ3v) is 1.20. The van der Waals surface area contributed by atoms with Crippen molar-refractivity contribution in [3.05, 3.63) is 36.9 Å². The van der Waals surface area contributed by atoms with Crippen molar-refractivity contribution in [1.82, 2.24) is 0 Å². The molecule has 0 aliphatic carbocycles. The summed E-state index contributed by atoms with van der Waals surface area (Å²) < 4.78 is 17.4. The highest BCUT2D eigenvalue weighted by molar-refractivity contribution is 9.09. The van der Waals surface area contributed by atoms with E-state index in [4.69, 9.17) is 4.74 Å². The highest BCUT2D eigenvalue weighted by atomic mass is 79.9. The van der Waals surface area contributed by atoms with E-state index in [-0.39, 0.29) is 5.76 Å². The number of alkyl halides is 1. The van der Waals surface area contributed by atoms with E-state index in [1.54, 1.807) is 0 Å². The molecule has 0 aliphatic rings. The van der Waals surface area contributed by atoms with Crippen LogP contribution in [0, 0.1) is 0 Å². The van der Waals surface area contributed by atoms with E-state index < -0.39 is 5.83 Å². The molecule has 0 bridgehead atoms. The Bertz CT molecular complexity index is 175. The van der Waals surface area contributed by atoms with Crippen molar-refractivity contribution in [2.45, 2.75) is 0 Å². The molecule has 0 radical (unpaired) electrons. The molecule has 1 nitrogen and oxygen atoms in total. The van der Waals surface area contributed by atoms with Gasteiger partial charge in [-0.25, -0.2) is 4.39 Å². The summed E-state index contributed by atoms with van der Waals surface area (Å²) in [5, 5.41) is 0.661. The number of hydrogen-bond acceptors (Lipinski definition) is 1. The van der Waals surface area contributed by atoms with E-state index in [9.17, 15) is 4.39 Å². The molecule has 3 heteroatoms. The number of allylic oxidation sites excluding steroid dienone is 3. The molecule has 0 rings (SSSR count). The van der Waals surface area contributed by atoms with Gasteiger partial charge in [-0.05, 0) is 6.08 Å². The molecule has 0 N–H and O–H groups in total. The number of ether oxygens (including phenoxy) is 1. The summed E-state index contributed by atoms with van der Waals surface area (Å²) in [7, 11) is 0. The maximum atomic E-state index is 12.4. The molecule has 0 unspecified atom stereocenters. The zero-order valence-electron chi connectivity index (χ0n) is 6.15. The molecule has 0 saturated carbocycles. The van der Waals surface area contributed by atoms with Gasteiger partial charge in [0.2, 0.25) is 0 Å². The molecule has 0 saturated heterocycles. The molecular weight excluding hydrogens is 211 g/mol. The largest absolute Gasteiger partial charge is 0.490 e. The van der Waals surface area contributed by atoms with Crippen LogP contribution in [-0.4, -0.2) is 11.9 Å². The van der Waals surface area contributed by atoms with Gasteiger partial charge in [-0.1, -0.05) is 35.2 Å². The van der Waals surface area contributed by atoms with Crippen LogP contribution in [0.2, 0.25) is 0 Å². The first kappa shape index (κ1) is 10.4. The summed E-state index contributed by atoms with van der Waals surface area (Å²) in [5.41, 5.74) is 0. The lowest BCUT2D eigenvalue weighted by atomic mass is 10.4. The average molecular weight is 221 g/mol. The van der Waals surface area contributed by atoms with Crippen LogP contribution in [0.3, 0.4) is 0 Å². The second kappa shape index (κ2) is 6.16. The van der Waals surface area contributed by atoms with E-state index in [1.807, 2.05) is 0 Å². The van der Waals surface area contributed by atoms with Gasteiger partial charge in [0, 0.05) is 5.33 Å². The third kappa shape index (κ3) is 4.79. The predicted octanol–water partition coefficient (Wildman–Crippen LogP) is 2.95. The fourth-order valence-electron chi connectivity index (χ4n) is 0.472. The standard InChI is InChI=1S/C8H10BrFO/c1-3-4-8(7(2)10)11-6-5-9/h3-4H,1-2,5-6H2/b8-4+. The zero-order valence-corrected chi connectivity index (χ0v) is 7.73. The van der Waals surface area contributed by atoms with E-state index >= 15 is 0 Å². The van der Waals surface area contributed by atoms with Crippen LogP contribution in [0.25, 0.3) is 0 Å². The summed E-state index contributed by atoms with van der Waals surface area (Å²) in [6, 6.07) is 0. The minimum absolute atomic E-state index is 0.138.